The minimum absolute atomic E-state index is 0.112. The number of carbonyl (C=O) groups excluding carboxylic acids is 2. The lowest BCUT2D eigenvalue weighted by Gasteiger charge is -2.06. The molecule has 0 atom stereocenters. The Hall–Kier alpha value is -2.88. The van der Waals surface area contributed by atoms with E-state index in [4.69, 9.17) is 4.42 Å². The lowest BCUT2D eigenvalue weighted by molar-refractivity contribution is 0.0943. The molecule has 0 bridgehead atoms. The number of nitrogens with one attached hydrogen (secondary N) is 2. The summed E-state index contributed by atoms with van der Waals surface area (Å²) in [5, 5.41) is 13.5. The van der Waals surface area contributed by atoms with Crippen molar-refractivity contribution in [1.82, 2.24) is 24.9 Å². The minimum atomic E-state index is -0.420. The molecule has 0 fully saturated rings. The normalized spacial score (nSPS) is 10.7. The molecule has 2 N–H and O–H groups in total. The van der Waals surface area contributed by atoms with Crippen molar-refractivity contribution in [2.75, 3.05) is 5.32 Å². The Morgan fingerprint density at radius 1 is 1.32 bits per heavy atom. The summed E-state index contributed by atoms with van der Waals surface area (Å²) in [4.78, 5) is 24.8. The molecule has 0 aliphatic carbocycles. The lowest BCUT2D eigenvalue weighted by atomic mass is 10.3. The molecule has 25 heavy (non-hydrogen) atoms. The van der Waals surface area contributed by atoms with Crippen molar-refractivity contribution in [3.8, 4) is 0 Å². The van der Waals surface area contributed by atoms with E-state index in [1.54, 1.807) is 32.4 Å². The maximum Gasteiger partial charge on any atom is 0.275 e. The summed E-state index contributed by atoms with van der Waals surface area (Å²) in [5.41, 5.74) is 0.754. The predicted octanol–water partition coefficient (Wildman–Crippen LogP) is 1.69. The molecule has 0 saturated heterocycles. The van der Waals surface area contributed by atoms with Crippen molar-refractivity contribution in [3.63, 3.8) is 0 Å². The first kappa shape index (κ1) is 17.0. The van der Waals surface area contributed by atoms with Gasteiger partial charge in [0.2, 0.25) is 0 Å². The second kappa shape index (κ2) is 6.93. The predicted molar refractivity (Wildman–Crippen MR) is 91.9 cm³/mol. The third-order valence-electron chi connectivity index (χ3n) is 3.40. The number of rotatable bonds is 5. The van der Waals surface area contributed by atoms with Crippen LogP contribution in [0.15, 0.2) is 39.7 Å². The molecule has 3 aromatic heterocycles. The Bertz CT molecular complexity index is 892. The second-order valence-electron chi connectivity index (χ2n) is 5.25. The first-order chi connectivity index (χ1) is 12.0. The zero-order chi connectivity index (χ0) is 18.0. The molecular weight excluding hydrogens is 392 g/mol. The Morgan fingerprint density at radius 2 is 2.12 bits per heavy atom. The summed E-state index contributed by atoms with van der Waals surface area (Å²) in [6.45, 7) is 0.225. The molecule has 0 unspecified atom stereocenters. The number of furan rings is 1. The fourth-order valence-corrected chi connectivity index (χ4v) is 2.79. The molecule has 10 heteroatoms. The zero-order valence-corrected chi connectivity index (χ0v) is 15.1. The molecule has 0 saturated carbocycles. The summed E-state index contributed by atoms with van der Waals surface area (Å²) in [6, 6.07) is 3.49. The summed E-state index contributed by atoms with van der Waals surface area (Å²) in [7, 11) is 3.32. The highest BCUT2D eigenvalue weighted by Gasteiger charge is 2.21. The first-order valence-corrected chi connectivity index (χ1v) is 8.08. The third-order valence-corrected chi connectivity index (χ3v) is 3.98. The number of amides is 2. The van der Waals surface area contributed by atoms with E-state index in [9.17, 15) is 9.59 Å². The molecule has 0 aliphatic rings. The third kappa shape index (κ3) is 3.63. The van der Waals surface area contributed by atoms with Crippen LogP contribution in [0, 0.1) is 0 Å². The second-order valence-corrected chi connectivity index (χ2v) is 6.10. The first-order valence-electron chi connectivity index (χ1n) is 7.28. The number of nitrogens with zero attached hydrogens (tertiary/aromatic N) is 4. The number of hydrogen-bond donors (Lipinski definition) is 2. The standard InChI is InChI=1S/C15H15BrN6O3/c1-21-8-11(19-15(24)13-10(16)7-18-22(13)2)12(20-21)14(23)17-6-9-4-3-5-25-9/h3-5,7-8H,6H2,1-2H3,(H,17,23)(H,19,24). The van der Waals surface area contributed by atoms with Crippen molar-refractivity contribution in [2.45, 2.75) is 6.54 Å². The van der Waals surface area contributed by atoms with Crippen molar-refractivity contribution >= 4 is 33.4 Å². The van der Waals surface area contributed by atoms with Gasteiger partial charge < -0.3 is 15.1 Å². The highest BCUT2D eigenvalue weighted by Crippen LogP contribution is 2.19. The van der Waals surface area contributed by atoms with Crippen LogP contribution in [0.4, 0.5) is 5.69 Å². The van der Waals surface area contributed by atoms with Crippen LogP contribution >= 0.6 is 15.9 Å². The van der Waals surface area contributed by atoms with E-state index < -0.39 is 11.8 Å². The van der Waals surface area contributed by atoms with E-state index in [1.165, 1.54) is 21.8 Å². The summed E-state index contributed by atoms with van der Waals surface area (Å²) in [6.07, 6.45) is 4.61. The van der Waals surface area contributed by atoms with Gasteiger partial charge in [-0.2, -0.15) is 10.2 Å². The van der Waals surface area contributed by atoms with Crippen molar-refractivity contribution in [2.24, 2.45) is 14.1 Å². The summed E-state index contributed by atoms with van der Waals surface area (Å²) in [5.74, 6) is -0.204. The fraction of sp³-hybridized carbons (Fsp3) is 0.200. The molecule has 9 nitrogen and oxygen atoms in total. The molecule has 0 aliphatic heterocycles. The van der Waals surface area contributed by atoms with Crippen LogP contribution < -0.4 is 10.6 Å². The van der Waals surface area contributed by atoms with Gasteiger partial charge in [0.05, 0.1) is 29.2 Å². The highest BCUT2D eigenvalue weighted by atomic mass is 79.9. The molecule has 0 radical (unpaired) electrons. The SMILES string of the molecule is Cn1cc(NC(=O)c2c(Br)cnn2C)c(C(=O)NCc2ccco2)n1. The summed E-state index contributed by atoms with van der Waals surface area (Å²) >= 11 is 3.28. The Kier molecular flexibility index (Phi) is 4.70. The fourth-order valence-electron chi connectivity index (χ4n) is 2.26. The maximum atomic E-state index is 12.5. The van der Waals surface area contributed by atoms with Crippen LogP contribution in [0.25, 0.3) is 0 Å². The van der Waals surface area contributed by atoms with E-state index in [2.05, 4.69) is 36.8 Å². The van der Waals surface area contributed by atoms with Gasteiger partial charge in [-0.25, -0.2) is 0 Å². The van der Waals surface area contributed by atoms with Crippen LogP contribution in [0.3, 0.4) is 0 Å². The number of carbonyl (C=O) groups is 2. The van der Waals surface area contributed by atoms with Gasteiger partial charge in [0.25, 0.3) is 11.8 Å². The highest BCUT2D eigenvalue weighted by molar-refractivity contribution is 9.10. The van der Waals surface area contributed by atoms with Crippen molar-refractivity contribution in [1.29, 1.82) is 0 Å². The maximum absolute atomic E-state index is 12.5. The number of halogens is 1. The van der Waals surface area contributed by atoms with Gasteiger partial charge >= 0.3 is 0 Å². The van der Waals surface area contributed by atoms with E-state index in [1.807, 2.05) is 0 Å². The Balaban J connectivity index is 1.76. The minimum Gasteiger partial charge on any atom is -0.467 e. The van der Waals surface area contributed by atoms with E-state index in [0.717, 1.165) is 0 Å². The number of aromatic nitrogens is 4. The average Bonchev–Trinajstić information content (AvgIpc) is 3.27. The van der Waals surface area contributed by atoms with Crippen LogP contribution in [-0.4, -0.2) is 31.4 Å². The van der Waals surface area contributed by atoms with Gasteiger partial charge in [-0.3, -0.25) is 19.0 Å². The zero-order valence-electron chi connectivity index (χ0n) is 13.5. The quantitative estimate of drug-likeness (QED) is 0.670. The lowest BCUT2D eigenvalue weighted by Crippen LogP contribution is -2.25. The van der Waals surface area contributed by atoms with Gasteiger partial charge in [0, 0.05) is 20.3 Å². The monoisotopic (exact) mass is 406 g/mol. The molecule has 0 aromatic carbocycles. The van der Waals surface area contributed by atoms with Crippen LogP contribution in [0.1, 0.15) is 26.7 Å². The van der Waals surface area contributed by atoms with E-state index in [-0.39, 0.29) is 12.2 Å². The smallest absolute Gasteiger partial charge is 0.275 e. The number of anilines is 1. The molecule has 3 rings (SSSR count). The van der Waals surface area contributed by atoms with Crippen LogP contribution in [0.5, 0.6) is 0 Å². The molecule has 2 amide bonds. The van der Waals surface area contributed by atoms with Crippen LogP contribution in [-0.2, 0) is 20.6 Å². The van der Waals surface area contributed by atoms with Gasteiger partial charge in [0.1, 0.15) is 11.5 Å². The van der Waals surface area contributed by atoms with Crippen molar-refractivity contribution in [3.05, 3.63) is 52.4 Å². The summed E-state index contributed by atoms with van der Waals surface area (Å²) < 4.78 is 8.62. The van der Waals surface area contributed by atoms with Crippen molar-refractivity contribution < 1.29 is 14.0 Å². The topological polar surface area (TPSA) is 107 Å². The van der Waals surface area contributed by atoms with E-state index >= 15 is 0 Å². The molecule has 0 spiro atoms. The van der Waals surface area contributed by atoms with Gasteiger partial charge in [0.15, 0.2) is 5.69 Å². The number of hydrogen-bond acceptors (Lipinski definition) is 5. The molecule has 130 valence electrons. The molecule has 3 heterocycles. The largest absolute Gasteiger partial charge is 0.467 e. The average molecular weight is 407 g/mol. The van der Waals surface area contributed by atoms with Gasteiger partial charge in [-0.05, 0) is 28.1 Å². The van der Waals surface area contributed by atoms with Crippen LogP contribution in [0.2, 0.25) is 0 Å². The van der Waals surface area contributed by atoms with Gasteiger partial charge in [-0.15, -0.1) is 0 Å². The van der Waals surface area contributed by atoms with E-state index in [0.29, 0.717) is 21.6 Å². The Morgan fingerprint density at radius 3 is 2.76 bits per heavy atom. The molecular formula is C15H15BrN6O3. The molecule has 3 aromatic rings. The van der Waals surface area contributed by atoms with Gasteiger partial charge in [-0.1, -0.05) is 0 Å². The number of aryl methyl sites for hydroxylation is 2. The Labute approximate surface area is 151 Å².